The first-order valence-corrected chi connectivity index (χ1v) is 11.6. The van der Waals surface area contributed by atoms with Crippen molar-refractivity contribution in [2.75, 3.05) is 26.3 Å². The number of hydrogen-bond donors (Lipinski definition) is 1. The van der Waals surface area contributed by atoms with Crippen molar-refractivity contribution in [3.05, 3.63) is 65.0 Å². The zero-order valence-electron chi connectivity index (χ0n) is 19.2. The van der Waals surface area contributed by atoms with E-state index in [0.717, 1.165) is 42.6 Å². The number of carbonyl (C=O) groups excluding carboxylic acids is 2. The van der Waals surface area contributed by atoms with E-state index in [0.29, 0.717) is 18.8 Å². The monoisotopic (exact) mass is 454 g/mol. The Balaban J connectivity index is 1.52. The van der Waals surface area contributed by atoms with E-state index in [4.69, 9.17) is 9.47 Å². The minimum atomic E-state index is -0.332. The highest BCUT2D eigenvalue weighted by Gasteiger charge is 2.33. The third-order valence-corrected chi connectivity index (χ3v) is 6.23. The minimum Gasteiger partial charge on any atom is -0.484 e. The molecule has 0 aromatic heterocycles. The molecule has 0 radical (unpaired) electrons. The van der Waals surface area contributed by atoms with Gasteiger partial charge in [0.15, 0.2) is 6.61 Å². The maximum absolute atomic E-state index is 13.6. The Labute approximate surface area is 194 Å². The molecule has 2 aliphatic heterocycles. The van der Waals surface area contributed by atoms with Crippen LogP contribution in [0.1, 0.15) is 49.4 Å². The standard InChI is InChI=1S/C26H31FN2O4/c1-17(2)26(31)29-12-11-18-7-10-21(33-16-24(30)28-15-22-4-3-13-32-22)14-23(18)25(29)19-5-8-20(27)9-6-19/h5-10,14,17,22,25H,3-4,11-13,15-16H2,1-2H3,(H,28,30). The molecule has 2 unspecified atom stereocenters. The molecule has 176 valence electrons. The van der Waals surface area contributed by atoms with Gasteiger partial charge in [-0.2, -0.15) is 0 Å². The Kier molecular flexibility index (Phi) is 7.28. The summed E-state index contributed by atoms with van der Waals surface area (Å²) < 4.78 is 24.9. The Morgan fingerprint density at radius 1 is 1.21 bits per heavy atom. The quantitative estimate of drug-likeness (QED) is 0.694. The van der Waals surface area contributed by atoms with Gasteiger partial charge in [0.2, 0.25) is 5.91 Å². The summed E-state index contributed by atoms with van der Waals surface area (Å²) in [6.07, 6.45) is 2.80. The highest BCUT2D eigenvalue weighted by molar-refractivity contribution is 5.80. The molecule has 33 heavy (non-hydrogen) atoms. The predicted molar refractivity (Wildman–Crippen MR) is 122 cm³/mol. The second-order valence-electron chi connectivity index (χ2n) is 8.98. The maximum Gasteiger partial charge on any atom is 0.258 e. The first-order valence-electron chi connectivity index (χ1n) is 11.6. The number of carbonyl (C=O) groups is 2. The van der Waals surface area contributed by atoms with Crippen LogP contribution in [0.5, 0.6) is 5.75 Å². The van der Waals surface area contributed by atoms with Gasteiger partial charge in [0, 0.05) is 25.6 Å². The number of ether oxygens (including phenoxy) is 2. The summed E-state index contributed by atoms with van der Waals surface area (Å²) in [7, 11) is 0. The van der Waals surface area contributed by atoms with E-state index in [9.17, 15) is 14.0 Å². The smallest absolute Gasteiger partial charge is 0.258 e. The van der Waals surface area contributed by atoms with Crippen LogP contribution in [0.3, 0.4) is 0 Å². The van der Waals surface area contributed by atoms with Gasteiger partial charge in [-0.3, -0.25) is 9.59 Å². The topological polar surface area (TPSA) is 67.9 Å². The summed E-state index contributed by atoms with van der Waals surface area (Å²) in [6.45, 7) is 5.50. The van der Waals surface area contributed by atoms with Crippen LogP contribution in [0, 0.1) is 11.7 Å². The number of fused-ring (bicyclic) bond motifs is 1. The summed E-state index contributed by atoms with van der Waals surface area (Å²) in [4.78, 5) is 27.1. The van der Waals surface area contributed by atoms with Crippen LogP contribution in [-0.2, 0) is 20.7 Å². The van der Waals surface area contributed by atoms with Crippen molar-refractivity contribution < 1.29 is 23.5 Å². The molecule has 2 aromatic rings. The van der Waals surface area contributed by atoms with Gasteiger partial charge in [0.1, 0.15) is 11.6 Å². The van der Waals surface area contributed by atoms with E-state index in [2.05, 4.69) is 5.32 Å². The average molecular weight is 455 g/mol. The van der Waals surface area contributed by atoms with Crippen LogP contribution in [0.2, 0.25) is 0 Å². The number of rotatable bonds is 7. The molecular weight excluding hydrogens is 423 g/mol. The summed E-state index contributed by atoms with van der Waals surface area (Å²) in [6, 6.07) is 11.7. The fourth-order valence-electron chi connectivity index (χ4n) is 4.49. The van der Waals surface area contributed by atoms with Crippen molar-refractivity contribution in [2.45, 2.75) is 45.3 Å². The van der Waals surface area contributed by atoms with Gasteiger partial charge in [0.25, 0.3) is 5.91 Å². The molecule has 0 spiro atoms. The number of amides is 2. The van der Waals surface area contributed by atoms with Crippen LogP contribution in [0.15, 0.2) is 42.5 Å². The molecule has 2 atom stereocenters. The first kappa shape index (κ1) is 23.2. The number of nitrogens with zero attached hydrogens (tertiary/aromatic N) is 1. The second kappa shape index (κ2) is 10.3. The molecule has 7 heteroatoms. The van der Waals surface area contributed by atoms with Gasteiger partial charge in [-0.25, -0.2) is 4.39 Å². The number of halogens is 1. The highest BCUT2D eigenvalue weighted by atomic mass is 19.1. The third-order valence-electron chi connectivity index (χ3n) is 6.23. The van der Waals surface area contributed by atoms with Crippen molar-refractivity contribution in [1.29, 1.82) is 0 Å². The Hall–Kier alpha value is -2.93. The molecule has 6 nitrogen and oxygen atoms in total. The van der Waals surface area contributed by atoms with Gasteiger partial charge in [0.05, 0.1) is 12.1 Å². The lowest BCUT2D eigenvalue weighted by molar-refractivity contribution is -0.136. The fourth-order valence-corrected chi connectivity index (χ4v) is 4.49. The van der Waals surface area contributed by atoms with E-state index in [1.807, 2.05) is 36.9 Å². The van der Waals surface area contributed by atoms with Crippen LogP contribution < -0.4 is 10.1 Å². The lowest BCUT2D eigenvalue weighted by Gasteiger charge is -2.39. The third kappa shape index (κ3) is 5.53. The molecule has 0 bridgehead atoms. The van der Waals surface area contributed by atoms with E-state index in [-0.39, 0.29) is 42.3 Å². The lowest BCUT2D eigenvalue weighted by Crippen LogP contribution is -2.42. The molecule has 2 heterocycles. The molecule has 1 N–H and O–H groups in total. The van der Waals surface area contributed by atoms with Crippen molar-refractivity contribution >= 4 is 11.8 Å². The fraction of sp³-hybridized carbons (Fsp3) is 0.462. The van der Waals surface area contributed by atoms with Gasteiger partial charge >= 0.3 is 0 Å². The Morgan fingerprint density at radius 3 is 2.70 bits per heavy atom. The normalized spacial score (nSPS) is 19.9. The van der Waals surface area contributed by atoms with Crippen LogP contribution in [-0.4, -0.2) is 49.1 Å². The summed E-state index contributed by atoms with van der Waals surface area (Å²) in [5.74, 6) is -0.0548. The van der Waals surface area contributed by atoms with Crippen LogP contribution in [0.25, 0.3) is 0 Å². The maximum atomic E-state index is 13.6. The van der Waals surface area contributed by atoms with Crippen molar-refractivity contribution in [3.8, 4) is 5.75 Å². The van der Waals surface area contributed by atoms with Gasteiger partial charge in [-0.05, 0) is 60.2 Å². The molecule has 4 rings (SSSR count). The zero-order chi connectivity index (χ0) is 23.4. The van der Waals surface area contributed by atoms with E-state index in [1.54, 1.807) is 12.1 Å². The summed E-state index contributed by atoms with van der Waals surface area (Å²) in [5.41, 5.74) is 2.91. The molecule has 0 aliphatic carbocycles. The molecule has 2 aliphatic rings. The van der Waals surface area contributed by atoms with E-state index < -0.39 is 0 Å². The SMILES string of the molecule is CC(C)C(=O)N1CCc2ccc(OCC(=O)NCC3CCCO3)cc2C1c1ccc(F)cc1. The van der Waals surface area contributed by atoms with E-state index in [1.165, 1.54) is 12.1 Å². The molecule has 0 saturated carbocycles. The van der Waals surface area contributed by atoms with Crippen molar-refractivity contribution in [1.82, 2.24) is 10.2 Å². The molecule has 2 aromatic carbocycles. The molecule has 2 amide bonds. The summed E-state index contributed by atoms with van der Waals surface area (Å²) in [5, 5.41) is 2.85. The number of benzene rings is 2. The van der Waals surface area contributed by atoms with E-state index >= 15 is 0 Å². The molecular formula is C26H31FN2O4. The lowest BCUT2D eigenvalue weighted by atomic mass is 9.87. The van der Waals surface area contributed by atoms with Crippen LogP contribution in [0.4, 0.5) is 4.39 Å². The minimum absolute atomic E-state index is 0.0507. The first-order chi connectivity index (χ1) is 15.9. The van der Waals surface area contributed by atoms with Gasteiger partial charge < -0.3 is 19.7 Å². The number of nitrogens with one attached hydrogen (secondary N) is 1. The largest absolute Gasteiger partial charge is 0.484 e. The van der Waals surface area contributed by atoms with Crippen LogP contribution >= 0.6 is 0 Å². The number of hydrogen-bond acceptors (Lipinski definition) is 4. The Morgan fingerprint density at radius 2 is 2.00 bits per heavy atom. The van der Waals surface area contributed by atoms with Gasteiger partial charge in [-0.1, -0.05) is 32.0 Å². The molecule has 1 fully saturated rings. The van der Waals surface area contributed by atoms with Crippen molar-refractivity contribution in [2.24, 2.45) is 5.92 Å². The Bertz CT molecular complexity index is 986. The van der Waals surface area contributed by atoms with Crippen molar-refractivity contribution in [3.63, 3.8) is 0 Å². The predicted octanol–water partition coefficient (Wildman–Crippen LogP) is 3.63. The zero-order valence-corrected chi connectivity index (χ0v) is 19.2. The highest BCUT2D eigenvalue weighted by Crippen LogP contribution is 2.38. The average Bonchev–Trinajstić information content (AvgIpc) is 3.34. The molecule has 1 saturated heterocycles. The summed E-state index contributed by atoms with van der Waals surface area (Å²) >= 11 is 0. The second-order valence-corrected chi connectivity index (χ2v) is 8.98. The van der Waals surface area contributed by atoms with Gasteiger partial charge in [-0.15, -0.1) is 0 Å².